The molecular formula is C40H38FN3O6. The van der Waals surface area contributed by atoms with Crippen molar-refractivity contribution in [1.82, 2.24) is 15.4 Å². The van der Waals surface area contributed by atoms with E-state index in [0.717, 1.165) is 11.1 Å². The number of Topliss-reactive ketones (excluding diaryl/α,β-unsaturated/α-hetero) is 2. The van der Waals surface area contributed by atoms with E-state index in [-0.39, 0.29) is 59.4 Å². The number of carbonyl (C=O) groups is 2. The molecule has 9 rings (SSSR count). The summed E-state index contributed by atoms with van der Waals surface area (Å²) in [5.74, 6) is -0.110. The van der Waals surface area contributed by atoms with Gasteiger partial charge in [-0.2, -0.15) is 0 Å². The van der Waals surface area contributed by atoms with Gasteiger partial charge < -0.3 is 24.1 Å². The average molecular weight is 676 g/mol. The maximum absolute atomic E-state index is 16.4. The summed E-state index contributed by atoms with van der Waals surface area (Å²) in [5, 5.41) is 6.85. The maximum Gasteiger partial charge on any atom is 0.265 e. The second kappa shape index (κ2) is 12.7. The van der Waals surface area contributed by atoms with Crippen molar-refractivity contribution in [1.29, 1.82) is 0 Å². The minimum absolute atomic E-state index is 0.127. The van der Waals surface area contributed by atoms with Crippen LogP contribution in [0.5, 0.6) is 11.6 Å². The Bertz CT molecular complexity index is 2040. The van der Waals surface area contributed by atoms with Gasteiger partial charge in [0.25, 0.3) is 5.88 Å². The highest BCUT2D eigenvalue weighted by Gasteiger charge is 2.72. The SMILES string of the molecule is C=CCN1Cc2c(F)c3c(c(OCc4ccccc4)c2C1)C(=O)C1=C2O[C@]24C(=O)c2c(OCc5ccccc5)noc2C[C@@H]4CC1C3.CNC. The van der Waals surface area contributed by atoms with E-state index >= 15 is 4.39 Å². The fourth-order valence-corrected chi connectivity index (χ4v) is 8.11. The zero-order valence-corrected chi connectivity index (χ0v) is 28.1. The topological polar surface area (TPSA) is 106 Å². The Morgan fingerprint density at radius 3 is 2.30 bits per heavy atom. The number of rotatable bonds is 8. The Balaban J connectivity index is 0.00000116. The number of nitrogens with one attached hydrogen (secondary N) is 1. The average Bonchev–Trinajstić information content (AvgIpc) is 3.53. The lowest BCUT2D eigenvalue weighted by Gasteiger charge is -2.35. The van der Waals surface area contributed by atoms with E-state index in [1.807, 2.05) is 74.8 Å². The predicted molar refractivity (Wildman–Crippen MR) is 182 cm³/mol. The molecule has 0 radical (unpaired) electrons. The predicted octanol–water partition coefficient (Wildman–Crippen LogP) is 6.15. The quantitative estimate of drug-likeness (QED) is 0.174. The van der Waals surface area contributed by atoms with Crippen LogP contribution in [-0.2, 0) is 43.9 Å². The number of hydrogen-bond acceptors (Lipinski definition) is 9. The molecule has 0 saturated carbocycles. The number of ether oxygens (including phenoxy) is 3. The smallest absolute Gasteiger partial charge is 0.265 e. The lowest BCUT2D eigenvalue weighted by Crippen LogP contribution is -2.44. The van der Waals surface area contributed by atoms with Crippen LogP contribution < -0.4 is 14.8 Å². The monoisotopic (exact) mass is 675 g/mol. The lowest BCUT2D eigenvalue weighted by molar-refractivity contribution is 0.0734. The van der Waals surface area contributed by atoms with Crippen molar-refractivity contribution in [2.24, 2.45) is 11.8 Å². The first-order valence-corrected chi connectivity index (χ1v) is 17.0. The van der Waals surface area contributed by atoms with E-state index in [2.05, 4.69) is 22.0 Å². The van der Waals surface area contributed by atoms with Gasteiger partial charge in [0.1, 0.15) is 30.3 Å². The molecule has 3 aliphatic carbocycles. The van der Waals surface area contributed by atoms with Crippen LogP contribution in [-0.4, -0.2) is 47.9 Å². The Kier molecular flexibility index (Phi) is 8.16. The zero-order valence-electron chi connectivity index (χ0n) is 28.1. The fraction of sp³-hybridized carbons (Fsp3) is 0.325. The number of halogens is 1. The van der Waals surface area contributed by atoms with Crippen molar-refractivity contribution >= 4 is 11.6 Å². The van der Waals surface area contributed by atoms with Gasteiger partial charge in [-0.05, 0) is 49.1 Å². The van der Waals surface area contributed by atoms with Gasteiger partial charge in [-0.1, -0.05) is 66.7 Å². The number of benzene rings is 3. The molecule has 1 aromatic heterocycles. The summed E-state index contributed by atoms with van der Waals surface area (Å²) in [6, 6.07) is 19.3. The maximum atomic E-state index is 16.4. The van der Waals surface area contributed by atoms with Gasteiger partial charge in [0, 0.05) is 54.2 Å². The van der Waals surface area contributed by atoms with Gasteiger partial charge in [0.05, 0.1) is 5.56 Å². The van der Waals surface area contributed by atoms with E-state index < -0.39 is 5.60 Å². The number of fused-ring (bicyclic) bond motifs is 4. The summed E-state index contributed by atoms with van der Waals surface area (Å²) >= 11 is 0. The molecule has 1 N–H and O–H groups in total. The largest absolute Gasteiger partial charge is 0.488 e. The Morgan fingerprint density at radius 1 is 0.960 bits per heavy atom. The van der Waals surface area contributed by atoms with Crippen LogP contribution in [0.3, 0.4) is 0 Å². The van der Waals surface area contributed by atoms with Crippen LogP contribution in [0.1, 0.15) is 60.7 Å². The second-order valence-electron chi connectivity index (χ2n) is 13.5. The zero-order chi connectivity index (χ0) is 34.6. The highest BCUT2D eigenvalue weighted by atomic mass is 19.1. The Morgan fingerprint density at radius 2 is 1.62 bits per heavy atom. The first-order valence-electron chi connectivity index (χ1n) is 17.0. The van der Waals surface area contributed by atoms with Crippen molar-refractivity contribution < 1.29 is 32.7 Å². The summed E-state index contributed by atoms with van der Waals surface area (Å²) in [4.78, 5) is 30.9. The van der Waals surface area contributed by atoms with E-state index in [1.165, 1.54) is 0 Å². The van der Waals surface area contributed by atoms with Crippen LogP contribution in [0, 0.1) is 17.7 Å². The number of nitrogens with zero attached hydrogens (tertiary/aromatic N) is 2. The normalized spacial score (nSPS) is 22.5. The first-order chi connectivity index (χ1) is 24.4. The molecule has 4 aromatic rings. The highest BCUT2D eigenvalue weighted by Crippen LogP contribution is 2.63. The summed E-state index contributed by atoms with van der Waals surface area (Å²) in [6.45, 7) is 5.76. The molecule has 5 aliphatic rings. The summed E-state index contributed by atoms with van der Waals surface area (Å²) in [6.07, 6.45) is 3.00. The molecule has 3 heterocycles. The number of epoxide rings is 1. The molecule has 0 bridgehead atoms. The van der Waals surface area contributed by atoms with Crippen molar-refractivity contribution in [2.45, 2.75) is 51.2 Å². The van der Waals surface area contributed by atoms with Crippen molar-refractivity contribution in [3.63, 3.8) is 0 Å². The number of carbonyl (C=O) groups excluding carboxylic acids is 2. The molecule has 50 heavy (non-hydrogen) atoms. The molecule has 1 fully saturated rings. The number of ketones is 2. The molecule has 3 aromatic carbocycles. The minimum atomic E-state index is -1.26. The van der Waals surface area contributed by atoms with Gasteiger partial charge in [-0.15, -0.1) is 6.58 Å². The van der Waals surface area contributed by atoms with Crippen LogP contribution in [0.2, 0.25) is 0 Å². The van der Waals surface area contributed by atoms with Crippen molar-refractivity contribution in [3.05, 3.63) is 135 Å². The number of hydrogen-bond donors (Lipinski definition) is 1. The third-order valence-electron chi connectivity index (χ3n) is 10.3. The number of allylic oxidation sites excluding steroid dienone is 1. The molecular weight excluding hydrogens is 637 g/mol. The Hall–Kier alpha value is -5.06. The number of aromatic nitrogens is 1. The minimum Gasteiger partial charge on any atom is -0.488 e. The molecule has 3 atom stereocenters. The van der Waals surface area contributed by atoms with Gasteiger partial charge in [-0.3, -0.25) is 14.5 Å². The van der Waals surface area contributed by atoms with Crippen LogP contribution in [0.4, 0.5) is 4.39 Å². The molecule has 2 aliphatic heterocycles. The summed E-state index contributed by atoms with van der Waals surface area (Å²) < 4.78 is 40.7. The molecule has 1 saturated heterocycles. The van der Waals surface area contributed by atoms with Crippen LogP contribution in [0.25, 0.3) is 0 Å². The highest BCUT2D eigenvalue weighted by molar-refractivity contribution is 6.18. The molecule has 256 valence electrons. The van der Waals surface area contributed by atoms with E-state index in [0.29, 0.717) is 78.4 Å². The van der Waals surface area contributed by atoms with Gasteiger partial charge in [-0.25, -0.2) is 4.39 Å². The van der Waals surface area contributed by atoms with E-state index in [4.69, 9.17) is 18.7 Å². The molecule has 0 amide bonds. The molecule has 9 nitrogen and oxygen atoms in total. The summed E-state index contributed by atoms with van der Waals surface area (Å²) in [7, 11) is 3.75. The van der Waals surface area contributed by atoms with E-state index in [1.54, 1.807) is 6.08 Å². The molecule has 10 heteroatoms. The molecule has 1 spiro atoms. The van der Waals surface area contributed by atoms with E-state index in [9.17, 15) is 9.59 Å². The van der Waals surface area contributed by atoms with Crippen molar-refractivity contribution in [3.8, 4) is 11.6 Å². The second-order valence-corrected chi connectivity index (χ2v) is 13.5. The third-order valence-corrected chi connectivity index (χ3v) is 10.3. The summed E-state index contributed by atoms with van der Waals surface area (Å²) in [5.41, 5.74) is 3.25. The van der Waals surface area contributed by atoms with Gasteiger partial charge in [0.2, 0.25) is 11.4 Å². The van der Waals surface area contributed by atoms with Gasteiger partial charge >= 0.3 is 0 Å². The lowest BCUT2D eigenvalue weighted by atomic mass is 9.63. The van der Waals surface area contributed by atoms with Gasteiger partial charge in [0.15, 0.2) is 17.3 Å². The third kappa shape index (κ3) is 5.08. The van der Waals surface area contributed by atoms with Crippen LogP contribution in [0.15, 0.2) is 89.2 Å². The van der Waals surface area contributed by atoms with Crippen molar-refractivity contribution in [2.75, 3.05) is 20.6 Å². The fourth-order valence-electron chi connectivity index (χ4n) is 8.11. The standard InChI is InChI=1S/C38H31FN2O6.C2H7N/c1-2-13-41-17-26-27(18-41)34(44-19-21-9-5-3-6-10-21)30-25(32(26)39)15-23-14-24-16-28-31(35(43)38(24)36(46-38)29(23)33(30)42)37(40-47-28)45-20-22-11-7-4-8-12-22;1-3-2/h2-12,23-24H,1,13-20H2;3H,1-2H3/t23?,24-,38+;/m0./s1. The van der Waals surface area contributed by atoms with Crippen LogP contribution >= 0.6 is 0 Å². The molecule has 1 unspecified atom stereocenters. The first kappa shape index (κ1) is 32.2. The Labute approximate surface area is 289 Å².